The van der Waals surface area contributed by atoms with Gasteiger partial charge in [0.1, 0.15) is 0 Å². The van der Waals surface area contributed by atoms with Crippen molar-refractivity contribution in [1.29, 1.82) is 0 Å². The van der Waals surface area contributed by atoms with Crippen molar-refractivity contribution < 1.29 is 0 Å². The molecule has 0 aliphatic heterocycles. The van der Waals surface area contributed by atoms with Crippen molar-refractivity contribution in [2.24, 2.45) is 5.41 Å². The third-order valence-corrected chi connectivity index (χ3v) is 2.64. The summed E-state index contributed by atoms with van der Waals surface area (Å²) >= 11 is 0. The predicted octanol–water partition coefficient (Wildman–Crippen LogP) is 2.67. The Hall–Kier alpha value is -0.830. The number of aromatic nitrogens is 2. The molecule has 0 aliphatic carbocycles. The van der Waals surface area contributed by atoms with Crippen LogP contribution in [-0.2, 0) is 6.42 Å². The lowest BCUT2D eigenvalue weighted by Gasteiger charge is -2.20. The SMILES string of the molecule is Cc1cc(C[C@@H](C)NCCC(C)(C)C)n[nH]1. The second-order valence-corrected chi connectivity index (χ2v) is 5.91. The molecule has 0 aliphatic rings. The van der Waals surface area contributed by atoms with Gasteiger partial charge in [-0.15, -0.1) is 0 Å². The number of nitrogens with zero attached hydrogens (tertiary/aromatic N) is 1. The highest BCUT2D eigenvalue weighted by molar-refractivity contribution is 5.07. The van der Waals surface area contributed by atoms with Crippen LogP contribution in [0.4, 0.5) is 0 Å². The summed E-state index contributed by atoms with van der Waals surface area (Å²) in [5.41, 5.74) is 2.69. The first kappa shape index (κ1) is 13.2. The topological polar surface area (TPSA) is 40.7 Å². The molecule has 0 fully saturated rings. The van der Waals surface area contributed by atoms with Gasteiger partial charge in [-0.3, -0.25) is 5.10 Å². The summed E-state index contributed by atoms with van der Waals surface area (Å²) in [6.45, 7) is 12.2. The fourth-order valence-electron chi connectivity index (χ4n) is 1.66. The highest BCUT2D eigenvalue weighted by atomic mass is 15.1. The van der Waals surface area contributed by atoms with Crippen molar-refractivity contribution in [2.75, 3.05) is 6.54 Å². The van der Waals surface area contributed by atoms with Gasteiger partial charge in [0.25, 0.3) is 0 Å². The number of rotatable bonds is 5. The van der Waals surface area contributed by atoms with E-state index in [2.05, 4.69) is 49.3 Å². The number of nitrogens with one attached hydrogen (secondary N) is 2. The second kappa shape index (κ2) is 5.48. The van der Waals surface area contributed by atoms with Gasteiger partial charge >= 0.3 is 0 Å². The Bertz CT molecular complexity index is 309. The van der Waals surface area contributed by atoms with E-state index in [0.29, 0.717) is 11.5 Å². The molecule has 92 valence electrons. The fourth-order valence-corrected chi connectivity index (χ4v) is 1.66. The molecule has 1 rings (SSSR count). The zero-order valence-corrected chi connectivity index (χ0v) is 11.2. The summed E-state index contributed by atoms with van der Waals surface area (Å²) in [4.78, 5) is 0. The van der Waals surface area contributed by atoms with Crippen LogP contribution in [0.3, 0.4) is 0 Å². The molecule has 1 aromatic heterocycles. The van der Waals surface area contributed by atoms with Gasteiger partial charge in [0.15, 0.2) is 0 Å². The van der Waals surface area contributed by atoms with Gasteiger partial charge in [0, 0.05) is 18.2 Å². The lowest BCUT2D eigenvalue weighted by Crippen LogP contribution is -2.31. The summed E-state index contributed by atoms with van der Waals surface area (Å²) in [6, 6.07) is 2.60. The van der Waals surface area contributed by atoms with Gasteiger partial charge in [0.2, 0.25) is 0 Å². The van der Waals surface area contributed by atoms with E-state index in [1.165, 1.54) is 6.42 Å². The van der Waals surface area contributed by atoms with Crippen molar-refractivity contribution in [1.82, 2.24) is 15.5 Å². The summed E-state index contributed by atoms with van der Waals surface area (Å²) < 4.78 is 0. The maximum absolute atomic E-state index is 4.25. The number of hydrogen-bond donors (Lipinski definition) is 2. The van der Waals surface area contributed by atoms with Crippen molar-refractivity contribution in [3.63, 3.8) is 0 Å². The molecule has 0 aromatic carbocycles. The van der Waals surface area contributed by atoms with Crippen molar-refractivity contribution in [3.8, 4) is 0 Å². The van der Waals surface area contributed by atoms with Crippen LogP contribution < -0.4 is 5.32 Å². The average Bonchev–Trinajstić information content (AvgIpc) is 2.48. The van der Waals surface area contributed by atoms with Crippen LogP contribution in [0.25, 0.3) is 0 Å². The molecule has 1 atom stereocenters. The van der Waals surface area contributed by atoms with E-state index in [9.17, 15) is 0 Å². The molecule has 16 heavy (non-hydrogen) atoms. The van der Waals surface area contributed by atoms with Crippen LogP contribution in [0.5, 0.6) is 0 Å². The van der Waals surface area contributed by atoms with Crippen LogP contribution in [0.1, 0.15) is 45.5 Å². The van der Waals surface area contributed by atoms with Gasteiger partial charge in [-0.25, -0.2) is 0 Å². The van der Waals surface area contributed by atoms with E-state index in [0.717, 1.165) is 24.4 Å². The first-order valence-electron chi connectivity index (χ1n) is 6.11. The number of hydrogen-bond acceptors (Lipinski definition) is 2. The molecule has 0 spiro atoms. The average molecular weight is 223 g/mol. The summed E-state index contributed by atoms with van der Waals surface area (Å²) in [5.74, 6) is 0. The molecule has 0 amide bonds. The van der Waals surface area contributed by atoms with E-state index in [4.69, 9.17) is 0 Å². The van der Waals surface area contributed by atoms with Crippen LogP contribution in [-0.4, -0.2) is 22.8 Å². The highest BCUT2D eigenvalue weighted by Gasteiger charge is 2.11. The van der Waals surface area contributed by atoms with Crippen LogP contribution in [0.15, 0.2) is 6.07 Å². The lowest BCUT2D eigenvalue weighted by molar-refractivity contribution is 0.356. The van der Waals surface area contributed by atoms with Crippen LogP contribution in [0.2, 0.25) is 0 Å². The van der Waals surface area contributed by atoms with Gasteiger partial charge in [-0.2, -0.15) is 5.10 Å². The van der Waals surface area contributed by atoms with Gasteiger partial charge in [-0.05, 0) is 38.3 Å². The Morgan fingerprint density at radius 3 is 2.62 bits per heavy atom. The van der Waals surface area contributed by atoms with E-state index in [1.54, 1.807) is 0 Å². The van der Waals surface area contributed by atoms with Crippen LogP contribution >= 0.6 is 0 Å². The standard InChI is InChI=1S/C13H25N3/c1-10(14-7-6-13(3,4)5)8-12-9-11(2)15-16-12/h9-10,14H,6-8H2,1-5H3,(H,15,16)/t10-/m1/s1. The monoisotopic (exact) mass is 223 g/mol. The Kier molecular flexibility index (Phi) is 4.54. The maximum Gasteiger partial charge on any atom is 0.0640 e. The Labute approximate surface area is 99.0 Å². The molecule has 3 nitrogen and oxygen atoms in total. The summed E-state index contributed by atoms with van der Waals surface area (Å²) in [6.07, 6.45) is 2.20. The van der Waals surface area contributed by atoms with Crippen molar-refractivity contribution in [3.05, 3.63) is 17.5 Å². The smallest absolute Gasteiger partial charge is 0.0640 e. The minimum absolute atomic E-state index is 0.412. The third kappa shape index (κ3) is 5.31. The Morgan fingerprint density at radius 2 is 2.12 bits per heavy atom. The largest absolute Gasteiger partial charge is 0.314 e. The molecule has 1 heterocycles. The number of aryl methyl sites for hydroxylation is 1. The molecule has 0 radical (unpaired) electrons. The number of H-pyrrole nitrogens is 1. The first-order chi connectivity index (χ1) is 7.37. The van der Waals surface area contributed by atoms with E-state index in [1.807, 2.05) is 6.92 Å². The lowest BCUT2D eigenvalue weighted by atomic mass is 9.92. The molecule has 1 aromatic rings. The van der Waals surface area contributed by atoms with E-state index in [-0.39, 0.29) is 0 Å². The summed E-state index contributed by atoms with van der Waals surface area (Å²) in [7, 11) is 0. The first-order valence-corrected chi connectivity index (χ1v) is 6.11. The summed E-state index contributed by atoms with van der Waals surface area (Å²) in [5, 5.41) is 10.8. The molecule has 3 heteroatoms. The van der Waals surface area contributed by atoms with Crippen molar-refractivity contribution >= 4 is 0 Å². The van der Waals surface area contributed by atoms with Crippen molar-refractivity contribution in [2.45, 2.75) is 53.5 Å². The molecule has 0 unspecified atom stereocenters. The Balaban J connectivity index is 2.23. The van der Waals surface area contributed by atoms with E-state index < -0.39 is 0 Å². The zero-order valence-electron chi connectivity index (χ0n) is 11.2. The molecule has 0 saturated carbocycles. The fraction of sp³-hybridized carbons (Fsp3) is 0.769. The van der Waals surface area contributed by atoms with Gasteiger partial charge in [-0.1, -0.05) is 20.8 Å². The number of aromatic amines is 1. The molecule has 0 bridgehead atoms. The minimum atomic E-state index is 0.412. The molecular formula is C13H25N3. The normalized spacial score (nSPS) is 14.1. The Morgan fingerprint density at radius 1 is 1.44 bits per heavy atom. The van der Waals surface area contributed by atoms with Crippen LogP contribution in [0, 0.1) is 12.3 Å². The second-order valence-electron chi connectivity index (χ2n) is 5.91. The minimum Gasteiger partial charge on any atom is -0.314 e. The van der Waals surface area contributed by atoms with Gasteiger partial charge in [0.05, 0.1) is 5.69 Å². The highest BCUT2D eigenvalue weighted by Crippen LogP contribution is 2.17. The van der Waals surface area contributed by atoms with Gasteiger partial charge < -0.3 is 5.32 Å². The molecule has 0 saturated heterocycles. The third-order valence-electron chi connectivity index (χ3n) is 2.64. The quantitative estimate of drug-likeness (QED) is 0.805. The molecule has 2 N–H and O–H groups in total. The zero-order chi connectivity index (χ0) is 12.2. The van der Waals surface area contributed by atoms with E-state index >= 15 is 0 Å². The maximum atomic E-state index is 4.25. The predicted molar refractivity (Wildman–Crippen MR) is 68.6 cm³/mol. The molecular weight excluding hydrogens is 198 g/mol.